The van der Waals surface area contributed by atoms with Crippen molar-refractivity contribution in [3.8, 4) is 17.0 Å². The van der Waals surface area contributed by atoms with Gasteiger partial charge in [-0.15, -0.1) is 0 Å². The van der Waals surface area contributed by atoms with E-state index in [-0.39, 0.29) is 5.60 Å². The Hall–Kier alpha value is -2.97. The molecule has 0 fully saturated rings. The van der Waals surface area contributed by atoms with E-state index in [4.69, 9.17) is 21.1 Å². The highest BCUT2D eigenvalue weighted by molar-refractivity contribution is 6.33. The van der Waals surface area contributed by atoms with Crippen LogP contribution in [-0.4, -0.2) is 51.4 Å². The summed E-state index contributed by atoms with van der Waals surface area (Å²) in [6.07, 6.45) is 5.28. The van der Waals surface area contributed by atoms with Crippen molar-refractivity contribution in [3.05, 3.63) is 47.5 Å². The Balaban J connectivity index is 1.42. The maximum Gasteiger partial charge on any atom is 0.230 e. The number of ether oxygens (including phenoxy) is 2. The number of aliphatic imine (C=N–C) groups is 1. The average Bonchev–Trinajstić information content (AvgIpc) is 3.06. The zero-order chi connectivity index (χ0) is 20.9. The van der Waals surface area contributed by atoms with Crippen LogP contribution in [0.4, 0.5) is 11.5 Å². The van der Waals surface area contributed by atoms with Crippen LogP contribution in [0.25, 0.3) is 11.1 Å². The first-order valence-corrected chi connectivity index (χ1v) is 10.0. The summed E-state index contributed by atoms with van der Waals surface area (Å²) in [7, 11) is 1.70. The minimum Gasteiger partial charge on any atom is -0.475 e. The van der Waals surface area contributed by atoms with Crippen molar-refractivity contribution in [1.29, 1.82) is 0 Å². The normalized spacial score (nSPS) is 15.1. The standard InChI is InChI=1S/C21H21ClN6O2/c1-21(2,29-3)11-27-10-13(9-25-27)15-5-4-14(8-16(15)22)28-6-7-30-20-17-18(23-12-24-20)26-19(17)28/h4-5,8-10,12H,6-7,11H2,1-3H3. The number of rotatable bonds is 5. The molecule has 0 bridgehead atoms. The molecule has 0 saturated heterocycles. The highest BCUT2D eigenvalue weighted by atomic mass is 35.5. The molecule has 5 rings (SSSR count). The number of benzene rings is 1. The van der Waals surface area contributed by atoms with Crippen molar-refractivity contribution in [3.63, 3.8) is 0 Å². The van der Waals surface area contributed by atoms with E-state index in [2.05, 4.69) is 25.0 Å². The predicted molar refractivity (Wildman–Crippen MR) is 115 cm³/mol. The van der Waals surface area contributed by atoms with Crippen LogP contribution in [0.5, 0.6) is 5.88 Å². The van der Waals surface area contributed by atoms with Crippen LogP contribution in [0, 0.1) is 0 Å². The van der Waals surface area contributed by atoms with Crippen molar-refractivity contribution in [2.75, 3.05) is 25.2 Å². The first-order valence-electron chi connectivity index (χ1n) is 9.67. The largest absolute Gasteiger partial charge is 0.475 e. The van der Waals surface area contributed by atoms with Gasteiger partial charge in [0.05, 0.1) is 29.9 Å². The van der Waals surface area contributed by atoms with E-state index < -0.39 is 0 Å². The first kappa shape index (κ1) is 19.0. The average molecular weight is 425 g/mol. The van der Waals surface area contributed by atoms with Crippen molar-refractivity contribution in [1.82, 2.24) is 19.7 Å². The number of nitrogens with zero attached hydrogens (tertiary/aromatic N) is 6. The molecule has 0 saturated carbocycles. The first-order chi connectivity index (χ1) is 14.4. The van der Waals surface area contributed by atoms with Crippen LogP contribution in [0.3, 0.4) is 0 Å². The Bertz CT molecular complexity index is 1160. The van der Waals surface area contributed by atoms with Crippen molar-refractivity contribution in [2.24, 2.45) is 4.99 Å². The molecule has 30 heavy (non-hydrogen) atoms. The molecule has 8 nitrogen and oxygen atoms in total. The third-order valence-corrected chi connectivity index (χ3v) is 5.65. The van der Waals surface area contributed by atoms with Crippen molar-refractivity contribution >= 4 is 28.9 Å². The smallest absolute Gasteiger partial charge is 0.230 e. The molecule has 0 unspecified atom stereocenters. The second kappa shape index (κ2) is 7.07. The predicted octanol–water partition coefficient (Wildman–Crippen LogP) is 3.71. The molecular formula is C21H21ClN6O2. The molecule has 0 radical (unpaired) electrons. The van der Waals surface area contributed by atoms with E-state index in [1.165, 1.54) is 6.33 Å². The van der Waals surface area contributed by atoms with Gasteiger partial charge in [-0.3, -0.25) is 4.68 Å². The van der Waals surface area contributed by atoms with Gasteiger partial charge in [0.1, 0.15) is 18.5 Å². The molecule has 0 amide bonds. The van der Waals surface area contributed by atoms with Gasteiger partial charge in [0, 0.05) is 30.1 Å². The highest BCUT2D eigenvalue weighted by Crippen LogP contribution is 2.39. The van der Waals surface area contributed by atoms with Gasteiger partial charge in [-0.05, 0) is 26.0 Å². The zero-order valence-electron chi connectivity index (χ0n) is 17.0. The van der Waals surface area contributed by atoms with Gasteiger partial charge < -0.3 is 14.4 Å². The number of methoxy groups -OCH3 is 1. The summed E-state index contributed by atoms with van der Waals surface area (Å²) in [6.45, 7) is 5.85. The number of hydrogen-bond acceptors (Lipinski definition) is 7. The van der Waals surface area contributed by atoms with Gasteiger partial charge >= 0.3 is 0 Å². The minimum absolute atomic E-state index is 0.297. The number of hydrogen-bond donors (Lipinski definition) is 0. The van der Waals surface area contributed by atoms with Crippen LogP contribution in [0.1, 0.15) is 19.4 Å². The minimum atomic E-state index is -0.297. The number of anilines is 1. The topological polar surface area (TPSA) is 77.7 Å². The van der Waals surface area contributed by atoms with E-state index in [0.717, 1.165) is 28.2 Å². The maximum atomic E-state index is 6.67. The molecule has 2 aliphatic rings. The lowest BCUT2D eigenvalue weighted by Crippen LogP contribution is -2.35. The fourth-order valence-electron chi connectivity index (χ4n) is 3.59. The Kier molecular flexibility index (Phi) is 4.48. The van der Waals surface area contributed by atoms with Gasteiger partial charge in [0.25, 0.3) is 0 Å². The van der Waals surface area contributed by atoms with E-state index in [0.29, 0.717) is 36.4 Å². The fraction of sp³-hybridized carbons (Fsp3) is 0.333. The quantitative estimate of drug-likeness (QED) is 0.621. The summed E-state index contributed by atoms with van der Waals surface area (Å²) in [5.41, 5.74) is 3.39. The van der Waals surface area contributed by atoms with Crippen LogP contribution in [0.2, 0.25) is 5.02 Å². The van der Waals surface area contributed by atoms with Crippen LogP contribution < -0.4 is 9.64 Å². The summed E-state index contributed by atoms with van der Waals surface area (Å²) >= 11 is 6.67. The van der Waals surface area contributed by atoms with Crippen LogP contribution in [0.15, 0.2) is 41.9 Å². The molecule has 1 aromatic carbocycles. The molecule has 9 heteroatoms. The van der Waals surface area contributed by atoms with Crippen molar-refractivity contribution < 1.29 is 9.47 Å². The third-order valence-electron chi connectivity index (χ3n) is 5.34. The fourth-order valence-corrected chi connectivity index (χ4v) is 3.87. The molecule has 2 aromatic heterocycles. The maximum absolute atomic E-state index is 6.67. The number of amidine groups is 1. The molecule has 3 aromatic rings. The van der Waals surface area contributed by atoms with Gasteiger partial charge in [-0.1, -0.05) is 17.7 Å². The summed E-state index contributed by atoms with van der Waals surface area (Å²) < 4.78 is 13.1. The monoisotopic (exact) mass is 424 g/mol. The number of aromatic nitrogens is 4. The Morgan fingerprint density at radius 1 is 1.27 bits per heavy atom. The SMILES string of the molecule is COC(C)(C)Cn1cc(-c2ccc(N3CCOc4ncnc5c4C3=N5)cc2Cl)cn1. The summed E-state index contributed by atoms with van der Waals surface area (Å²) in [5, 5.41) is 5.10. The Labute approximate surface area is 179 Å². The second-order valence-electron chi connectivity index (χ2n) is 7.87. The second-order valence-corrected chi connectivity index (χ2v) is 8.27. The molecule has 154 valence electrons. The molecular weight excluding hydrogens is 404 g/mol. The van der Waals surface area contributed by atoms with Crippen LogP contribution in [-0.2, 0) is 11.3 Å². The Morgan fingerprint density at radius 3 is 2.93 bits per heavy atom. The summed E-state index contributed by atoms with van der Waals surface area (Å²) in [4.78, 5) is 15.0. The zero-order valence-corrected chi connectivity index (χ0v) is 17.7. The number of halogens is 1. The van der Waals surface area contributed by atoms with E-state index >= 15 is 0 Å². The van der Waals surface area contributed by atoms with Crippen LogP contribution >= 0.6 is 11.6 Å². The van der Waals surface area contributed by atoms with E-state index in [1.807, 2.05) is 49.1 Å². The van der Waals surface area contributed by atoms with Crippen molar-refractivity contribution in [2.45, 2.75) is 26.0 Å². The van der Waals surface area contributed by atoms with Gasteiger partial charge in [0.15, 0.2) is 11.7 Å². The Morgan fingerprint density at radius 2 is 2.13 bits per heavy atom. The molecule has 4 heterocycles. The molecule has 2 aliphatic heterocycles. The lowest BCUT2D eigenvalue weighted by Gasteiger charge is -2.28. The lowest BCUT2D eigenvalue weighted by atomic mass is 10.1. The molecule has 0 N–H and O–H groups in total. The molecule has 0 atom stereocenters. The molecule has 0 aliphatic carbocycles. The summed E-state index contributed by atoms with van der Waals surface area (Å²) in [6, 6.07) is 5.99. The van der Waals surface area contributed by atoms with E-state index in [1.54, 1.807) is 7.11 Å². The van der Waals surface area contributed by atoms with Gasteiger partial charge in [0.2, 0.25) is 5.88 Å². The van der Waals surface area contributed by atoms with Gasteiger partial charge in [-0.2, -0.15) is 5.10 Å². The van der Waals surface area contributed by atoms with Gasteiger partial charge in [-0.25, -0.2) is 15.0 Å². The highest BCUT2D eigenvalue weighted by Gasteiger charge is 2.34. The lowest BCUT2D eigenvalue weighted by molar-refractivity contribution is 0.00543. The molecule has 0 spiro atoms. The summed E-state index contributed by atoms with van der Waals surface area (Å²) in [5.74, 6) is 2.06. The third kappa shape index (κ3) is 3.22. The van der Waals surface area contributed by atoms with E-state index in [9.17, 15) is 0 Å².